The third kappa shape index (κ3) is 2.82. The molecule has 0 bridgehead atoms. The van der Waals surface area contributed by atoms with Crippen molar-refractivity contribution in [3.63, 3.8) is 0 Å². The number of hydrogen-bond acceptors (Lipinski definition) is 5. The highest BCUT2D eigenvalue weighted by Gasteiger charge is 2.38. The molecule has 1 aliphatic carbocycles. The maximum Gasteiger partial charge on any atom is 0.254 e. The fraction of sp³-hybridized carbons (Fsp3) is 0.364. The highest BCUT2D eigenvalue weighted by Crippen LogP contribution is 2.40. The van der Waals surface area contributed by atoms with E-state index in [0.717, 1.165) is 44.2 Å². The predicted octanol–water partition coefficient (Wildman–Crippen LogP) is 3.95. The first-order valence-corrected chi connectivity index (χ1v) is 9.77. The molecule has 1 unspecified atom stereocenters. The molecule has 0 amide bonds. The zero-order chi connectivity index (χ0) is 18.3. The smallest absolute Gasteiger partial charge is 0.254 e. The van der Waals surface area contributed by atoms with Crippen LogP contribution in [0.3, 0.4) is 0 Å². The molecular formula is C22H24N4O. The summed E-state index contributed by atoms with van der Waals surface area (Å²) in [5.74, 6) is 1.29. The minimum atomic E-state index is -0.439. The van der Waals surface area contributed by atoms with Crippen molar-refractivity contribution in [3.8, 4) is 0 Å². The van der Waals surface area contributed by atoms with Gasteiger partial charge in [-0.05, 0) is 36.5 Å². The first-order valence-electron chi connectivity index (χ1n) is 9.77. The van der Waals surface area contributed by atoms with E-state index in [0.29, 0.717) is 11.7 Å². The maximum atomic E-state index is 6.56. The van der Waals surface area contributed by atoms with Gasteiger partial charge in [-0.3, -0.25) is 0 Å². The average molecular weight is 360 g/mol. The number of fused-ring (bicyclic) bond motifs is 1. The summed E-state index contributed by atoms with van der Waals surface area (Å²) < 4.78 is 5.80. The van der Waals surface area contributed by atoms with Crippen LogP contribution >= 0.6 is 0 Å². The van der Waals surface area contributed by atoms with Crippen molar-refractivity contribution in [2.45, 2.75) is 43.7 Å². The zero-order valence-corrected chi connectivity index (χ0v) is 15.3. The number of benzene rings is 2. The Kier molecular flexibility index (Phi) is 3.97. The van der Waals surface area contributed by atoms with Crippen LogP contribution in [0.2, 0.25) is 0 Å². The summed E-state index contributed by atoms with van der Waals surface area (Å²) in [6.07, 6.45) is 5.13. The number of hydrogen-bond donors (Lipinski definition) is 1. The third-order valence-electron chi connectivity index (χ3n) is 5.97. The molecule has 0 radical (unpaired) electrons. The van der Waals surface area contributed by atoms with E-state index in [4.69, 9.17) is 15.2 Å². The minimum Gasteiger partial charge on any atom is -0.355 e. The number of nitrogens with two attached hydrogens (primary N) is 1. The Labute approximate surface area is 159 Å². The van der Waals surface area contributed by atoms with Gasteiger partial charge in [-0.25, -0.2) is 0 Å². The molecule has 138 valence electrons. The van der Waals surface area contributed by atoms with E-state index < -0.39 is 5.54 Å². The first-order chi connectivity index (χ1) is 13.2. The van der Waals surface area contributed by atoms with E-state index >= 15 is 0 Å². The van der Waals surface area contributed by atoms with Crippen molar-refractivity contribution in [2.75, 3.05) is 11.4 Å². The van der Waals surface area contributed by atoms with Crippen molar-refractivity contribution in [1.82, 2.24) is 10.1 Å². The molecule has 1 aliphatic heterocycles. The molecule has 1 atom stereocenters. The lowest BCUT2D eigenvalue weighted by molar-refractivity contribution is 0.339. The van der Waals surface area contributed by atoms with Crippen LogP contribution in [0.4, 0.5) is 5.69 Å². The Bertz CT molecular complexity index is 930. The molecule has 2 aromatic carbocycles. The quantitative estimate of drug-likeness (QED) is 0.763. The van der Waals surface area contributed by atoms with Gasteiger partial charge in [0.05, 0.1) is 5.54 Å². The molecule has 2 heterocycles. The van der Waals surface area contributed by atoms with Crippen LogP contribution in [0.5, 0.6) is 0 Å². The van der Waals surface area contributed by atoms with Crippen LogP contribution in [0.1, 0.15) is 54.6 Å². The van der Waals surface area contributed by atoms with Gasteiger partial charge in [0.15, 0.2) is 5.82 Å². The number of anilines is 1. The van der Waals surface area contributed by atoms with Gasteiger partial charge >= 0.3 is 0 Å². The van der Waals surface area contributed by atoms with Crippen LogP contribution in [0, 0.1) is 0 Å². The Hall–Kier alpha value is -2.66. The van der Waals surface area contributed by atoms with Gasteiger partial charge < -0.3 is 15.2 Å². The summed E-state index contributed by atoms with van der Waals surface area (Å²) in [6.45, 7) is 0.935. The molecule has 0 spiro atoms. The van der Waals surface area contributed by atoms with Gasteiger partial charge in [0.25, 0.3) is 5.89 Å². The maximum absolute atomic E-state index is 6.56. The van der Waals surface area contributed by atoms with Crippen molar-refractivity contribution in [3.05, 3.63) is 77.4 Å². The molecule has 1 fully saturated rings. The lowest BCUT2D eigenvalue weighted by Gasteiger charge is -2.28. The van der Waals surface area contributed by atoms with E-state index in [2.05, 4.69) is 58.6 Å². The molecule has 2 aliphatic rings. The fourth-order valence-corrected chi connectivity index (χ4v) is 4.50. The molecule has 3 aromatic rings. The van der Waals surface area contributed by atoms with Gasteiger partial charge in [0.2, 0.25) is 0 Å². The fourth-order valence-electron chi connectivity index (χ4n) is 4.50. The van der Waals surface area contributed by atoms with Crippen molar-refractivity contribution in [2.24, 2.45) is 5.73 Å². The lowest BCUT2D eigenvalue weighted by atomic mass is 9.98. The van der Waals surface area contributed by atoms with Crippen molar-refractivity contribution < 1.29 is 4.52 Å². The van der Waals surface area contributed by atoms with Crippen LogP contribution in [0.15, 0.2) is 59.1 Å². The second-order valence-electron chi connectivity index (χ2n) is 7.70. The number of nitrogens with zero attached hydrogens (tertiary/aromatic N) is 3. The van der Waals surface area contributed by atoms with Gasteiger partial charge in [0.1, 0.15) is 6.04 Å². The van der Waals surface area contributed by atoms with Crippen molar-refractivity contribution in [1.29, 1.82) is 0 Å². The molecule has 2 N–H and O–H groups in total. The van der Waals surface area contributed by atoms with E-state index in [9.17, 15) is 0 Å². The summed E-state index contributed by atoms with van der Waals surface area (Å²) in [5, 5.41) is 4.31. The normalized spacial score (nSPS) is 19.2. The second kappa shape index (κ2) is 6.50. The molecule has 27 heavy (non-hydrogen) atoms. The third-order valence-corrected chi connectivity index (χ3v) is 5.97. The number of aromatic nitrogens is 2. The minimum absolute atomic E-state index is 0.0962. The summed E-state index contributed by atoms with van der Waals surface area (Å²) in [6, 6.07) is 18.9. The molecule has 1 aromatic heterocycles. The summed E-state index contributed by atoms with van der Waals surface area (Å²) in [4.78, 5) is 7.19. The first kappa shape index (κ1) is 16.5. The van der Waals surface area contributed by atoms with E-state index in [1.165, 1.54) is 11.3 Å². The lowest BCUT2D eigenvalue weighted by Crippen LogP contribution is -2.34. The van der Waals surface area contributed by atoms with Gasteiger partial charge in [-0.2, -0.15) is 4.98 Å². The summed E-state index contributed by atoms with van der Waals surface area (Å²) in [5.41, 5.74) is 9.89. The molecule has 5 heteroatoms. The Balaban J connectivity index is 1.57. The Morgan fingerprint density at radius 2 is 1.74 bits per heavy atom. The SMILES string of the molecule is NC1(c2noc(C(c3ccccc3)N3CCc4ccccc43)n2)CCCC1. The van der Waals surface area contributed by atoms with Crippen molar-refractivity contribution >= 4 is 5.69 Å². The number of para-hydroxylation sites is 1. The highest BCUT2D eigenvalue weighted by molar-refractivity contribution is 5.60. The summed E-state index contributed by atoms with van der Waals surface area (Å²) in [7, 11) is 0. The van der Waals surface area contributed by atoms with Crippen LogP contribution in [-0.4, -0.2) is 16.7 Å². The summed E-state index contributed by atoms with van der Waals surface area (Å²) >= 11 is 0. The zero-order valence-electron chi connectivity index (χ0n) is 15.3. The molecule has 5 rings (SSSR count). The standard InChI is InChI=1S/C22H24N4O/c23-22(13-6-7-14-22)21-24-20(27-25-21)19(17-9-2-1-3-10-17)26-15-12-16-8-4-5-11-18(16)26/h1-5,8-11,19H,6-7,12-15,23H2. The topological polar surface area (TPSA) is 68.2 Å². The molecule has 5 nitrogen and oxygen atoms in total. The molecule has 0 saturated heterocycles. The number of rotatable bonds is 4. The second-order valence-corrected chi connectivity index (χ2v) is 7.70. The Morgan fingerprint density at radius 1 is 1.00 bits per heavy atom. The molecular weight excluding hydrogens is 336 g/mol. The van der Waals surface area contributed by atoms with Gasteiger partial charge in [0, 0.05) is 12.2 Å². The largest absolute Gasteiger partial charge is 0.355 e. The monoisotopic (exact) mass is 360 g/mol. The van der Waals surface area contributed by atoms with Crippen LogP contribution in [0.25, 0.3) is 0 Å². The predicted molar refractivity (Wildman–Crippen MR) is 104 cm³/mol. The van der Waals surface area contributed by atoms with Crippen LogP contribution < -0.4 is 10.6 Å². The van der Waals surface area contributed by atoms with E-state index in [1.54, 1.807) is 0 Å². The van der Waals surface area contributed by atoms with E-state index in [-0.39, 0.29) is 6.04 Å². The molecule has 1 saturated carbocycles. The Morgan fingerprint density at radius 3 is 2.56 bits per heavy atom. The van der Waals surface area contributed by atoms with Gasteiger partial charge in [-0.1, -0.05) is 66.5 Å². The van der Waals surface area contributed by atoms with Crippen LogP contribution in [-0.2, 0) is 12.0 Å². The van der Waals surface area contributed by atoms with E-state index in [1.807, 2.05) is 6.07 Å². The average Bonchev–Trinajstić information content (AvgIpc) is 3.44. The highest BCUT2D eigenvalue weighted by atomic mass is 16.5. The van der Waals surface area contributed by atoms with Gasteiger partial charge in [-0.15, -0.1) is 0 Å².